The van der Waals surface area contributed by atoms with Crippen LogP contribution < -0.4 is 10.1 Å². The van der Waals surface area contributed by atoms with Gasteiger partial charge in [-0.15, -0.1) is 0 Å². The number of methoxy groups -OCH3 is 1. The fourth-order valence-electron chi connectivity index (χ4n) is 2.69. The van der Waals surface area contributed by atoms with Gasteiger partial charge >= 0.3 is 0 Å². The van der Waals surface area contributed by atoms with E-state index >= 15 is 0 Å². The lowest BCUT2D eigenvalue weighted by Crippen LogP contribution is -2.26. The lowest BCUT2D eigenvalue weighted by molar-refractivity contribution is 0.240. The highest BCUT2D eigenvalue weighted by Gasteiger charge is 2.32. The van der Waals surface area contributed by atoms with Gasteiger partial charge in [-0.05, 0) is 42.0 Å². The zero-order valence-corrected chi connectivity index (χ0v) is 9.12. The van der Waals surface area contributed by atoms with Gasteiger partial charge in [0.25, 0.3) is 0 Å². The Bertz CT molecular complexity index is 371. The summed E-state index contributed by atoms with van der Waals surface area (Å²) >= 11 is 0. The van der Waals surface area contributed by atoms with E-state index in [1.54, 1.807) is 7.11 Å². The van der Waals surface area contributed by atoms with Gasteiger partial charge in [-0.2, -0.15) is 0 Å². The summed E-state index contributed by atoms with van der Waals surface area (Å²) in [5.41, 5.74) is 2.92. The van der Waals surface area contributed by atoms with Crippen LogP contribution >= 0.6 is 0 Å². The topological polar surface area (TPSA) is 21.3 Å². The Hall–Kier alpha value is -1.02. The second-order valence-corrected chi connectivity index (χ2v) is 4.61. The molecule has 0 radical (unpaired) electrons. The van der Waals surface area contributed by atoms with E-state index in [0.29, 0.717) is 6.04 Å². The van der Waals surface area contributed by atoms with Crippen molar-refractivity contribution in [2.75, 3.05) is 7.11 Å². The summed E-state index contributed by atoms with van der Waals surface area (Å²) in [4.78, 5) is 0. The average Bonchev–Trinajstić information content (AvgIpc) is 2.59. The molecule has 2 aliphatic rings. The molecule has 1 fully saturated rings. The van der Waals surface area contributed by atoms with Crippen LogP contribution in [0.1, 0.15) is 36.4 Å². The molecule has 0 aromatic heterocycles. The molecule has 1 aromatic carbocycles. The molecule has 1 N–H and O–H groups in total. The third-order valence-corrected chi connectivity index (χ3v) is 3.82. The molecular weight excluding hydrogens is 186 g/mol. The molecule has 1 saturated carbocycles. The molecule has 0 amide bonds. The molecule has 15 heavy (non-hydrogen) atoms. The Morgan fingerprint density at radius 2 is 2.20 bits per heavy atom. The third kappa shape index (κ3) is 1.44. The van der Waals surface area contributed by atoms with Gasteiger partial charge in [-0.1, -0.05) is 12.5 Å². The molecule has 3 rings (SSSR count). The van der Waals surface area contributed by atoms with Crippen molar-refractivity contribution in [1.29, 1.82) is 0 Å². The van der Waals surface area contributed by atoms with Crippen molar-refractivity contribution in [3.05, 3.63) is 29.3 Å². The summed E-state index contributed by atoms with van der Waals surface area (Å²) < 4.78 is 5.25. The molecule has 0 saturated heterocycles. The first-order valence-corrected chi connectivity index (χ1v) is 5.78. The fourth-order valence-corrected chi connectivity index (χ4v) is 2.69. The van der Waals surface area contributed by atoms with Crippen molar-refractivity contribution in [3.63, 3.8) is 0 Å². The van der Waals surface area contributed by atoms with Gasteiger partial charge < -0.3 is 10.1 Å². The number of fused-ring (bicyclic) bond motifs is 1. The van der Waals surface area contributed by atoms with Gasteiger partial charge in [0.1, 0.15) is 5.75 Å². The van der Waals surface area contributed by atoms with Crippen LogP contribution in [0.3, 0.4) is 0 Å². The van der Waals surface area contributed by atoms with Crippen LogP contribution in [0.15, 0.2) is 18.2 Å². The minimum atomic E-state index is 0.611. The Kier molecular flexibility index (Phi) is 2.17. The lowest BCUT2D eigenvalue weighted by atomic mass is 9.77. The first kappa shape index (κ1) is 9.22. The van der Waals surface area contributed by atoms with E-state index in [9.17, 15) is 0 Å². The van der Waals surface area contributed by atoms with E-state index in [2.05, 4.69) is 23.5 Å². The minimum Gasteiger partial charge on any atom is -0.497 e. The van der Waals surface area contributed by atoms with Crippen molar-refractivity contribution >= 4 is 0 Å². The summed E-state index contributed by atoms with van der Waals surface area (Å²) in [6.07, 6.45) is 4.20. The maximum absolute atomic E-state index is 5.25. The molecule has 1 aromatic rings. The molecule has 1 atom stereocenters. The Labute approximate surface area is 90.6 Å². The highest BCUT2D eigenvalue weighted by molar-refractivity contribution is 5.40. The van der Waals surface area contributed by atoms with Gasteiger partial charge in [-0.25, -0.2) is 0 Å². The van der Waals surface area contributed by atoms with Gasteiger partial charge in [0.2, 0.25) is 0 Å². The van der Waals surface area contributed by atoms with Crippen LogP contribution in [0.4, 0.5) is 0 Å². The molecule has 2 heteroatoms. The molecule has 1 aliphatic heterocycles. The number of hydrogen-bond donors (Lipinski definition) is 1. The van der Waals surface area contributed by atoms with Gasteiger partial charge in [0.05, 0.1) is 7.11 Å². The number of rotatable bonds is 2. The lowest BCUT2D eigenvalue weighted by Gasteiger charge is -2.32. The summed E-state index contributed by atoms with van der Waals surface area (Å²) in [5.74, 6) is 1.85. The molecular formula is C13H17NO. The predicted molar refractivity (Wildman–Crippen MR) is 59.9 cm³/mol. The van der Waals surface area contributed by atoms with E-state index < -0.39 is 0 Å². The quantitative estimate of drug-likeness (QED) is 0.797. The summed E-state index contributed by atoms with van der Waals surface area (Å²) in [5, 5.41) is 3.62. The Balaban J connectivity index is 1.89. The number of hydrogen-bond acceptors (Lipinski definition) is 2. The standard InChI is InChI=1S/C13H17NO/c1-15-11-5-6-12-10(7-11)8-14-13(12)9-3-2-4-9/h5-7,9,13-14H,2-4,8H2,1H3. The predicted octanol–water partition coefficient (Wildman–Crippen LogP) is 2.64. The van der Waals surface area contributed by atoms with E-state index in [1.165, 1.54) is 30.4 Å². The zero-order chi connectivity index (χ0) is 10.3. The number of benzene rings is 1. The largest absolute Gasteiger partial charge is 0.497 e. The smallest absolute Gasteiger partial charge is 0.119 e. The van der Waals surface area contributed by atoms with Crippen molar-refractivity contribution < 1.29 is 4.74 Å². The number of nitrogens with one attached hydrogen (secondary N) is 1. The molecule has 0 spiro atoms. The van der Waals surface area contributed by atoms with Crippen molar-refractivity contribution in [3.8, 4) is 5.75 Å². The first-order valence-electron chi connectivity index (χ1n) is 5.78. The van der Waals surface area contributed by atoms with E-state index in [4.69, 9.17) is 4.74 Å². The Morgan fingerprint density at radius 1 is 1.33 bits per heavy atom. The molecule has 1 heterocycles. The molecule has 2 nitrogen and oxygen atoms in total. The summed E-state index contributed by atoms with van der Waals surface area (Å²) in [6, 6.07) is 7.09. The summed E-state index contributed by atoms with van der Waals surface area (Å²) in [6.45, 7) is 1.01. The van der Waals surface area contributed by atoms with E-state index in [-0.39, 0.29) is 0 Å². The van der Waals surface area contributed by atoms with Crippen LogP contribution in [0.2, 0.25) is 0 Å². The van der Waals surface area contributed by atoms with Gasteiger partial charge in [-0.3, -0.25) is 0 Å². The summed E-state index contributed by atoms with van der Waals surface area (Å²) in [7, 11) is 1.73. The second kappa shape index (κ2) is 3.53. The average molecular weight is 203 g/mol. The number of ether oxygens (including phenoxy) is 1. The highest BCUT2D eigenvalue weighted by Crippen LogP contribution is 2.42. The first-order chi connectivity index (χ1) is 7.38. The molecule has 0 bridgehead atoms. The normalized spacial score (nSPS) is 24.7. The van der Waals surface area contributed by atoms with E-state index in [1.807, 2.05) is 0 Å². The molecule has 1 unspecified atom stereocenters. The zero-order valence-electron chi connectivity index (χ0n) is 9.12. The van der Waals surface area contributed by atoms with Crippen molar-refractivity contribution in [2.24, 2.45) is 5.92 Å². The monoisotopic (exact) mass is 203 g/mol. The maximum atomic E-state index is 5.25. The second-order valence-electron chi connectivity index (χ2n) is 4.61. The van der Waals surface area contributed by atoms with Crippen LogP contribution in [0.5, 0.6) is 5.75 Å². The van der Waals surface area contributed by atoms with Crippen LogP contribution in [-0.2, 0) is 6.54 Å². The third-order valence-electron chi connectivity index (χ3n) is 3.82. The minimum absolute atomic E-state index is 0.611. The highest BCUT2D eigenvalue weighted by atomic mass is 16.5. The van der Waals surface area contributed by atoms with Crippen LogP contribution in [0, 0.1) is 5.92 Å². The van der Waals surface area contributed by atoms with Gasteiger partial charge in [0, 0.05) is 12.6 Å². The fraction of sp³-hybridized carbons (Fsp3) is 0.538. The van der Waals surface area contributed by atoms with Crippen molar-refractivity contribution in [2.45, 2.75) is 31.8 Å². The molecule has 1 aliphatic carbocycles. The van der Waals surface area contributed by atoms with E-state index in [0.717, 1.165) is 18.2 Å². The van der Waals surface area contributed by atoms with Crippen molar-refractivity contribution in [1.82, 2.24) is 5.32 Å². The maximum Gasteiger partial charge on any atom is 0.119 e. The Morgan fingerprint density at radius 3 is 2.87 bits per heavy atom. The van der Waals surface area contributed by atoms with Crippen LogP contribution in [-0.4, -0.2) is 7.11 Å². The SMILES string of the molecule is COc1ccc2c(c1)CNC2C1CCC1. The molecule has 80 valence electrons. The van der Waals surface area contributed by atoms with Crippen LogP contribution in [0.25, 0.3) is 0 Å². The van der Waals surface area contributed by atoms with Gasteiger partial charge in [0.15, 0.2) is 0 Å².